The van der Waals surface area contributed by atoms with Gasteiger partial charge in [-0.2, -0.15) is 0 Å². The van der Waals surface area contributed by atoms with E-state index in [9.17, 15) is 9.59 Å². The number of aromatic nitrogens is 2. The number of carbonyl (C=O) groups is 2. The van der Waals surface area contributed by atoms with Crippen molar-refractivity contribution in [2.45, 2.75) is 13.8 Å². The van der Waals surface area contributed by atoms with Crippen LogP contribution < -0.4 is 0 Å². The lowest BCUT2D eigenvalue weighted by atomic mass is 10.2. The lowest BCUT2D eigenvalue weighted by molar-refractivity contribution is 0.0520. The van der Waals surface area contributed by atoms with Crippen molar-refractivity contribution >= 4 is 17.4 Å². The fraction of sp³-hybridized carbons (Fsp3) is 0.250. The Labute approximate surface area is 98.0 Å². The second-order valence-electron chi connectivity index (χ2n) is 3.58. The molecule has 0 aliphatic heterocycles. The van der Waals surface area contributed by atoms with Crippen molar-refractivity contribution in [2.24, 2.45) is 0 Å². The molecule has 0 saturated carbocycles. The molecule has 5 heteroatoms. The molecule has 2 rings (SSSR count). The van der Waals surface area contributed by atoms with Crippen LogP contribution in [0.2, 0.25) is 0 Å². The van der Waals surface area contributed by atoms with Crippen LogP contribution in [0.1, 0.15) is 34.7 Å². The van der Waals surface area contributed by atoms with Crippen LogP contribution in [0.5, 0.6) is 0 Å². The molecule has 0 aromatic carbocycles. The molecule has 0 radical (unpaired) electrons. The van der Waals surface area contributed by atoms with Crippen molar-refractivity contribution in [3.63, 3.8) is 0 Å². The maximum atomic E-state index is 11.5. The second kappa shape index (κ2) is 4.37. The first-order valence-electron chi connectivity index (χ1n) is 5.28. The van der Waals surface area contributed by atoms with Gasteiger partial charge in [-0.15, -0.1) is 0 Å². The van der Waals surface area contributed by atoms with Gasteiger partial charge in [0.1, 0.15) is 5.65 Å². The third kappa shape index (κ3) is 2.18. The number of carbonyl (C=O) groups excluding carboxylic acids is 2. The first kappa shape index (κ1) is 11.3. The van der Waals surface area contributed by atoms with E-state index in [1.807, 2.05) is 0 Å². The van der Waals surface area contributed by atoms with Gasteiger partial charge in [-0.05, 0) is 26.0 Å². The molecule has 0 unspecified atom stereocenters. The van der Waals surface area contributed by atoms with E-state index in [-0.39, 0.29) is 11.5 Å². The van der Waals surface area contributed by atoms with E-state index in [1.54, 1.807) is 35.9 Å². The third-order valence-electron chi connectivity index (χ3n) is 2.35. The van der Waals surface area contributed by atoms with Gasteiger partial charge in [0.05, 0.1) is 6.61 Å². The highest BCUT2D eigenvalue weighted by atomic mass is 16.5. The number of hydrogen-bond donors (Lipinski definition) is 0. The third-order valence-corrected chi connectivity index (χ3v) is 2.35. The zero-order chi connectivity index (χ0) is 12.4. The van der Waals surface area contributed by atoms with Gasteiger partial charge in [-0.1, -0.05) is 0 Å². The summed E-state index contributed by atoms with van der Waals surface area (Å²) < 4.78 is 6.53. The number of pyridine rings is 1. The Morgan fingerprint density at radius 1 is 1.47 bits per heavy atom. The Balaban J connectivity index is 2.43. The number of esters is 1. The SMILES string of the molecule is CCOC(=O)c1cn2ccc(C(C)=O)cc2n1. The Hall–Kier alpha value is -2.17. The second-order valence-corrected chi connectivity index (χ2v) is 3.58. The van der Waals surface area contributed by atoms with Crippen molar-refractivity contribution < 1.29 is 14.3 Å². The van der Waals surface area contributed by atoms with E-state index >= 15 is 0 Å². The largest absolute Gasteiger partial charge is 0.461 e. The molecule has 0 bridgehead atoms. The fourth-order valence-electron chi connectivity index (χ4n) is 1.50. The zero-order valence-electron chi connectivity index (χ0n) is 9.64. The van der Waals surface area contributed by atoms with Gasteiger partial charge in [0.2, 0.25) is 0 Å². The highest BCUT2D eigenvalue weighted by Crippen LogP contribution is 2.09. The molecular weight excluding hydrogens is 220 g/mol. The molecule has 88 valence electrons. The normalized spacial score (nSPS) is 10.5. The standard InChI is InChI=1S/C12H12N2O3/c1-3-17-12(16)10-7-14-5-4-9(8(2)15)6-11(14)13-10/h4-7H,3H2,1-2H3. The highest BCUT2D eigenvalue weighted by molar-refractivity contribution is 5.95. The average Bonchev–Trinajstić information content (AvgIpc) is 2.71. The van der Waals surface area contributed by atoms with Crippen LogP contribution in [0.4, 0.5) is 0 Å². The van der Waals surface area contributed by atoms with Crippen molar-refractivity contribution in [3.05, 3.63) is 35.8 Å². The van der Waals surface area contributed by atoms with Crippen LogP contribution in [0.25, 0.3) is 5.65 Å². The van der Waals surface area contributed by atoms with Crippen LogP contribution >= 0.6 is 0 Å². The van der Waals surface area contributed by atoms with Crippen molar-refractivity contribution in [1.29, 1.82) is 0 Å². The number of nitrogens with zero attached hydrogens (tertiary/aromatic N) is 2. The zero-order valence-corrected chi connectivity index (χ0v) is 9.64. The molecule has 0 atom stereocenters. The number of fused-ring (bicyclic) bond motifs is 1. The van der Waals surface area contributed by atoms with Crippen molar-refractivity contribution in [2.75, 3.05) is 6.61 Å². The van der Waals surface area contributed by atoms with Gasteiger partial charge in [0, 0.05) is 18.0 Å². The molecule has 17 heavy (non-hydrogen) atoms. The first-order chi connectivity index (χ1) is 8.11. The minimum Gasteiger partial charge on any atom is -0.461 e. The smallest absolute Gasteiger partial charge is 0.358 e. The number of Topliss-reactive ketones (excluding diaryl/α,β-unsaturated/α-hetero) is 1. The quantitative estimate of drug-likeness (QED) is 0.597. The molecule has 0 saturated heterocycles. The summed E-state index contributed by atoms with van der Waals surface area (Å²) in [6, 6.07) is 3.33. The lowest BCUT2D eigenvalue weighted by Crippen LogP contribution is -2.04. The van der Waals surface area contributed by atoms with Gasteiger partial charge in [-0.3, -0.25) is 4.79 Å². The molecule has 2 aromatic heterocycles. The highest BCUT2D eigenvalue weighted by Gasteiger charge is 2.12. The summed E-state index contributed by atoms with van der Waals surface area (Å²) in [6.45, 7) is 3.54. The summed E-state index contributed by atoms with van der Waals surface area (Å²) in [5.74, 6) is -0.492. The lowest BCUT2D eigenvalue weighted by Gasteiger charge is -1.95. The van der Waals surface area contributed by atoms with Gasteiger partial charge < -0.3 is 9.14 Å². The van der Waals surface area contributed by atoms with Crippen molar-refractivity contribution in [3.8, 4) is 0 Å². The van der Waals surface area contributed by atoms with E-state index in [4.69, 9.17) is 4.74 Å². The Morgan fingerprint density at radius 2 is 2.24 bits per heavy atom. The summed E-state index contributed by atoms with van der Waals surface area (Å²) in [7, 11) is 0. The summed E-state index contributed by atoms with van der Waals surface area (Å²) in [5, 5.41) is 0. The van der Waals surface area contributed by atoms with Gasteiger partial charge in [0.15, 0.2) is 11.5 Å². The molecule has 0 fully saturated rings. The molecule has 5 nitrogen and oxygen atoms in total. The Morgan fingerprint density at radius 3 is 2.88 bits per heavy atom. The van der Waals surface area contributed by atoms with Crippen LogP contribution in [0.15, 0.2) is 24.5 Å². The molecular formula is C12H12N2O3. The van der Waals surface area contributed by atoms with Crippen LogP contribution in [0.3, 0.4) is 0 Å². The fourth-order valence-corrected chi connectivity index (χ4v) is 1.50. The van der Waals surface area contributed by atoms with E-state index in [2.05, 4.69) is 4.98 Å². The predicted molar refractivity (Wildman–Crippen MR) is 61.2 cm³/mol. The monoisotopic (exact) mass is 232 g/mol. The van der Waals surface area contributed by atoms with E-state index < -0.39 is 5.97 Å². The maximum absolute atomic E-state index is 11.5. The number of hydrogen-bond acceptors (Lipinski definition) is 4. The topological polar surface area (TPSA) is 60.7 Å². The molecule has 0 N–H and O–H groups in total. The molecule has 0 aliphatic rings. The number of rotatable bonds is 3. The van der Waals surface area contributed by atoms with Crippen LogP contribution in [0, 0.1) is 0 Å². The van der Waals surface area contributed by atoms with Gasteiger partial charge in [-0.25, -0.2) is 9.78 Å². The van der Waals surface area contributed by atoms with Gasteiger partial charge in [0.25, 0.3) is 0 Å². The minimum absolute atomic E-state index is 0.0341. The summed E-state index contributed by atoms with van der Waals surface area (Å²) in [4.78, 5) is 26.8. The number of imidazole rings is 1. The molecule has 0 spiro atoms. The average molecular weight is 232 g/mol. The Bertz CT molecular complexity index is 586. The summed E-state index contributed by atoms with van der Waals surface area (Å²) >= 11 is 0. The molecule has 2 heterocycles. The maximum Gasteiger partial charge on any atom is 0.358 e. The summed E-state index contributed by atoms with van der Waals surface area (Å²) in [5.41, 5.74) is 1.37. The van der Waals surface area contributed by atoms with Crippen LogP contribution in [-0.2, 0) is 4.74 Å². The Kier molecular flexibility index (Phi) is 2.91. The first-order valence-corrected chi connectivity index (χ1v) is 5.28. The molecule has 0 aliphatic carbocycles. The molecule has 0 amide bonds. The number of ether oxygens (including phenoxy) is 1. The number of ketones is 1. The minimum atomic E-state index is -0.458. The van der Waals surface area contributed by atoms with E-state index in [0.717, 1.165) is 0 Å². The summed E-state index contributed by atoms with van der Waals surface area (Å²) in [6.07, 6.45) is 3.28. The molecule has 2 aromatic rings. The predicted octanol–water partition coefficient (Wildman–Crippen LogP) is 1.71. The van der Waals surface area contributed by atoms with Crippen molar-refractivity contribution in [1.82, 2.24) is 9.38 Å². The van der Waals surface area contributed by atoms with Crippen LogP contribution in [-0.4, -0.2) is 27.7 Å². The van der Waals surface area contributed by atoms with Gasteiger partial charge >= 0.3 is 5.97 Å². The van der Waals surface area contributed by atoms with E-state index in [1.165, 1.54) is 6.92 Å². The van der Waals surface area contributed by atoms with E-state index in [0.29, 0.717) is 17.8 Å².